The molecule has 0 aliphatic carbocycles. The summed E-state index contributed by atoms with van der Waals surface area (Å²) in [7, 11) is 0. The summed E-state index contributed by atoms with van der Waals surface area (Å²) in [6.07, 6.45) is -4.55. The zero-order valence-corrected chi connectivity index (χ0v) is 20.8. The fourth-order valence-electron chi connectivity index (χ4n) is 4.46. The van der Waals surface area contributed by atoms with Gasteiger partial charge in [0.15, 0.2) is 5.60 Å². The molecule has 0 saturated carbocycles. The summed E-state index contributed by atoms with van der Waals surface area (Å²) in [6, 6.07) is 27.0. The first kappa shape index (κ1) is 26.0. The minimum atomic E-state index is -4.55. The highest BCUT2D eigenvalue weighted by Gasteiger charge is 2.35. The molecule has 198 valence electrons. The van der Waals surface area contributed by atoms with Crippen LogP contribution in [0.3, 0.4) is 0 Å². The number of aliphatic carboxylic acids is 1. The molecule has 6 nitrogen and oxygen atoms in total. The summed E-state index contributed by atoms with van der Waals surface area (Å²) >= 11 is 0. The first-order valence-corrected chi connectivity index (χ1v) is 12.1. The van der Waals surface area contributed by atoms with E-state index >= 15 is 0 Å². The number of nitrogens with zero attached hydrogens (tertiary/aromatic N) is 2. The van der Waals surface area contributed by atoms with Crippen LogP contribution in [-0.4, -0.2) is 26.0 Å². The fourth-order valence-corrected chi connectivity index (χ4v) is 4.46. The van der Waals surface area contributed by atoms with Crippen LogP contribution in [0.4, 0.5) is 24.5 Å². The predicted octanol–water partition coefficient (Wildman–Crippen LogP) is 6.81. The van der Waals surface area contributed by atoms with Gasteiger partial charge in [-0.2, -0.15) is 18.3 Å². The summed E-state index contributed by atoms with van der Waals surface area (Å²) in [6.45, 7) is 1.49. The summed E-state index contributed by atoms with van der Waals surface area (Å²) in [4.78, 5) is 11.4. The van der Waals surface area contributed by atoms with Gasteiger partial charge in [0, 0.05) is 22.3 Å². The van der Waals surface area contributed by atoms with Gasteiger partial charge in [0.2, 0.25) is 0 Å². The average molecular weight is 532 g/mol. The van der Waals surface area contributed by atoms with Gasteiger partial charge in [-0.05, 0) is 48.4 Å². The van der Waals surface area contributed by atoms with E-state index in [0.29, 0.717) is 34.6 Å². The van der Waals surface area contributed by atoms with Crippen LogP contribution >= 0.6 is 0 Å². The number of rotatable bonds is 7. The maximum atomic E-state index is 13.8. The lowest BCUT2D eigenvalue weighted by Crippen LogP contribution is -2.31. The van der Waals surface area contributed by atoms with Crippen molar-refractivity contribution in [1.29, 1.82) is 0 Å². The zero-order chi connectivity index (χ0) is 27.8. The van der Waals surface area contributed by atoms with Crippen molar-refractivity contribution in [1.82, 2.24) is 9.78 Å². The molecule has 0 fully saturated rings. The van der Waals surface area contributed by atoms with Gasteiger partial charge in [-0.15, -0.1) is 0 Å². The third kappa shape index (κ3) is 5.21. The third-order valence-electron chi connectivity index (χ3n) is 6.54. The largest absolute Gasteiger partial charge is 0.479 e. The fraction of sp³-hybridized carbons (Fsp3) is 0.133. The molecule has 3 N–H and O–H groups in total. The molecule has 5 aromatic rings. The molecular weight excluding hydrogens is 507 g/mol. The normalized spacial score (nSPS) is 13.3. The number of carbonyl (C=O) groups is 1. The van der Waals surface area contributed by atoms with E-state index in [9.17, 15) is 28.2 Å². The second-order valence-corrected chi connectivity index (χ2v) is 9.35. The Hall–Kier alpha value is -4.63. The van der Waals surface area contributed by atoms with Gasteiger partial charge < -0.3 is 15.5 Å². The van der Waals surface area contributed by atoms with Crippen molar-refractivity contribution in [2.24, 2.45) is 0 Å². The Labute approximate surface area is 222 Å². The first-order valence-electron chi connectivity index (χ1n) is 12.1. The van der Waals surface area contributed by atoms with Crippen LogP contribution < -0.4 is 5.32 Å². The van der Waals surface area contributed by atoms with E-state index in [1.807, 2.05) is 30.3 Å². The van der Waals surface area contributed by atoms with Crippen LogP contribution in [0.1, 0.15) is 23.6 Å². The van der Waals surface area contributed by atoms with Gasteiger partial charge in [-0.3, -0.25) is 4.68 Å². The molecular formula is C30H24F3N3O3. The number of carboxylic acids is 1. The number of aliphatic hydroxyl groups is 1. The van der Waals surface area contributed by atoms with E-state index in [-0.39, 0.29) is 11.1 Å². The Kier molecular flexibility index (Phi) is 6.61. The predicted molar refractivity (Wildman–Crippen MR) is 143 cm³/mol. The van der Waals surface area contributed by atoms with Crippen LogP contribution in [0.25, 0.3) is 22.2 Å². The second-order valence-electron chi connectivity index (χ2n) is 9.35. The molecule has 0 radical (unpaired) electrons. The molecule has 0 aliphatic heterocycles. The molecule has 39 heavy (non-hydrogen) atoms. The van der Waals surface area contributed by atoms with E-state index in [1.165, 1.54) is 19.1 Å². The molecule has 0 saturated heterocycles. The van der Waals surface area contributed by atoms with Gasteiger partial charge in [0.25, 0.3) is 0 Å². The molecule has 0 amide bonds. The van der Waals surface area contributed by atoms with Crippen LogP contribution in [0.5, 0.6) is 0 Å². The minimum absolute atomic E-state index is 0.111. The van der Waals surface area contributed by atoms with Gasteiger partial charge in [-0.25, -0.2) is 4.79 Å². The van der Waals surface area contributed by atoms with E-state index in [4.69, 9.17) is 0 Å². The van der Waals surface area contributed by atoms with Crippen molar-refractivity contribution in [2.75, 3.05) is 5.32 Å². The number of hydrogen-bond acceptors (Lipinski definition) is 4. The van der Waals surface area contributed by atoms with Crippen molar-refractivity contribution in [3.05, 3.63) is 114 Å². The summed E-state index contributed by atoms with van der Waals surface area (Å²) in [5.41, 5.74) is 0.644. The molecule has 4 aromatic carbocycles. The van der Waals surface area contributed by atoms with Crippen LogP contribution in [-0.2, 0) is 23.1 Å². The highest BCUT2D eigenvalue weighted by molar-refractivity contribution is 5.95. The lowest BCUT2D eigenvalue weighted by Gasteiger charge is -2.19. The maximum absolute atomic E-state index is 13.8. The van der Waals surface area contributed by atoms with Gasteiger partial charge in [-0.1, -0.05) is 66.7 Å². The smallest absolute Gasteiger partial charge is 0.418 e. The molecule has 1 heterocycles. The van der Waals surface area contributed by atoms with Crippen molar-refractivity contribution >= 4 is 28.2 Å². The first-order chi connectivity index (χ1) is 18.5. The monoisotopic (exact) mass is 531 g/mol. The number of carboxylic acid groups (broad SMARTS) is 1. The molecule has 9 heteroatoms. The van der Waals surface area contributed by atoms with Crippen molar-refractivity contribution in [3.8, 4) is 11.3 Å². The molecule has 0 bridgehead atoms. The Balaban J connectivity index is 1.52. The highest BCUT2D eigenvalue weighted by Crippen LogP contribution is 2.38. The van der Waals surface area contributed by atoms with Crippen molar-refractivity contribution in [3.63, 3.8) is 0 Å². The lowest BCUT2D eigenvalue weighted by molar-refractivity contribution is -0.157. The second kappa shape index (κ2) is 9.92. The summed E-state index contributed by atoms with van der Waals surface area (Å²) in [5, 5.41) is 27.6. The number of aromatic nitrogens is 2. The van der Waals surface area contributed by atoms with Crippen LogP contribution in [0.2, 0.25) is 0 Å². The minimum Gasteiger partial charge on any atom is -0.479 e. The molecule has 0 aliphatic rings. The molecule has 0 spiro atoms. The number of fused-ring (bicyclic) bond motifs is 1. The maximum Gasteiger partial charge on any atom is 0.418 e. The highest BCUT2D eigenvalue weighted by atomic mass is 19.4. The third-order valence-corrected chi connectivity index (χ3v) is 6.54. The Morgan fingerprint density at radius 3 is 2.26 bits per heavy atom. The summed E-state index contributed by atoms with van der Waals surface area (Å²) < 4.78 is 43.0. The van der Waals surface area contributed by atoms with Gasteiger partial charge in [0.05, 0.1) is 17.8 Å². The SMILES string of the molecule is CC(O)(C(=O)O)c1cccc(Nc2ccc(-c3c4cccc(C(F)(F)F)c4nn3Cc3ccccc3)cc2)c1. The van der Waals surface area contributed by atoms with E-state index < -0.39 is 23.3 Å². The van der Waals surface area contributed by atoms with Gasteiger partial charge in [0.1, 0.15) is 5.52 Å². The number of halogens is 3. The number of alkyl halides is 3. The van der Waals surface area contributed by atoms with Crippen molar-refractivity contribution < 1.29 is 28.2 Å². The van der Waals surface area contributed by atoms with Crippen LogP contribution in [0.15, 0.2) is 97.1 Å². The number of benzene rings is 4. The van der Waals surface area contributed by atoms with Crippen molar-refractivity contribution in [2.45, 2.75) is 25.2 Å². The Morgan fingerprint density at radius 1 is 0.897 bits per heavy atom. The lowest BCUT2D eigenvalue weighted by atomic mass is 9.96. The van der Waals surface area contributed by atoms with E-state index in [0.717, 1.165) is 11.6 Å². The summed E-state index contributed by atoms with van der Waals surface area (Å²) in [5.74, 6) is -1.36. The van der Waals surface area contributed by atoms with Crippen LogP contribution in [0, 0.1) is 0 Å². The molecule has 1 unspecified atom stereocenters. The number of nitrogens with one attached hydrogen (secondary N) is 1. The van der Waals surface area contributed by atoms with E-state index in [2.05, 4.69) is 10.4 Å². The molecule has 5 rings (SSSR count). The van der Waals surface area contributed by atoms with E-state index in [1.54, 1.807) is 53.2 Å². The molecule has 1 aromatic heterocycles. The molecule has 1 atom stereocenters. The number of anilines is 2. The number of hydrogen-bond donors (Lipinski definition) is 3. The zero-order valence-electron chi connectivity index (χ0n) is 20.8. The average Bonchev–Trinajstić information content (AvgIpc) is 3.27. The Bertz CT molecular complexity index is 1640. The topological polar surface area (TPSA) is 87.4 Å². The standard InChI is InChI=1S/C30H24F3N3O3/c1-29(39,28(37)38)21-9-5-10-23(17-21)34-22-15-13-20(14-16-22)27-24-11-6-12-25(30(31,32)33)26(24)35-36(27)18-19-7-3-2-4-8-19/h2-17,34,39H,18H2,1H3,(H,37,38). The Morgan fingerprint density at radius 2 is 1.59 bits per heavy atom. The van der Waals surface area contributed by atoms with Gasteiger partial charge >= 0.3 is 12.1 Å². The quantitative estimate of drug-likeness (QED) is 0.215.